The van der Waals surface area contributed by atoms with Gasteiger partial charge < -0.3 is 24.4 Å². The first-order chi connectivity index (χ1) is 26.5. The summed E-state index contributed by atoms with van der Waals surface area (Å²) in [6.45, 7) is 8.70. The number of amides is 4. The van der Waals surface area contributed by atoms with Crippen LogP contribution in [0.4, 0.5) is 11.6 Å². The van der Waals surface area contributed by atoms with Crippen LogP contribution in [0.15, 0.2) is 79.0 Å². The predicted octanol–water partition coefficient (Wildman–Crippen LogP) is 4.64. The van der Waals surface area contributed by atoms with Crippen molar-refractivity contribution in [1.29, 1.82) is 0 Å². The molecule has 3 aromatic carbocycles. The fraction of sp³-hybridized carbons (Fsp3) is 0.381. The number of rotatable bonds is 12. The highest BCUT2D eigenvalue weighted by Crippen LogP contribution is 2.42. The molecule has 0 bridgehead atoms. The number of nitrogens with zero attached hydrogens (tertiary/aromatic N) is 4. The van der Waals surface area contributed by atoms with Crippen molar-refractivity contribution in [3.8, 4) is 11.5 Å². The number of hydrogen-bond donors (Lipinski definition) is 2. The summed E-state index contributed by atoms with van der Waals surface area (Å²) in [6.07, 6.45) is 3.76. The number of aromatic nitrogens is 2. The molecule has 1 unspecified atom stereocenters. The summed E-state index contributed by atoms with van der Waals surface area (Å²) in [6, 6.07) is 22.3. The van der Waals surface area contributed by atoms with Crippen molar-refractivity contribution in [2.45, 2.75) is 63.1 Å². The molecule has 3 saturated heterocycles. The number of ether oxygens (including phenoxy) is 3. The van der Waals surface area contributed by atoms with E-state index in [9.17, 15) is 19.2 Å². The van der Waals surface area contributed by atoms with Crippen molar-refractivity contribution in [3.05, 3.63) is 107 Å². The third-order valence-corrected chi connectivity index (χ3v) is 11.6. The van der Waals surface area contributed by atoms with Crippen molar-refractivity contribution in [3.63, 3.8) is 0 Å². The minimum absolute atomic E-state index is 0.0776. The molecule has 1 aromatic heterocycles. The van der Waals surface area contributed by atoms with Gasteiger partial charge in [0.1, 0.15) is 30.8 Å². The summed E-state index contributed by atoms with van der Waals surface area (Å²) in [5.74, 6) is 0.192. The van der Waals surface area contributed by atoms with Crippen molar-refractivity contribution in [2.24, 2.45) is 5.41 Å². The quantitative estimate of drug-likeness (QED) is 0.195. The maximum absolute atomic E-state index is 13.3. The molecule has 4 aliphatic heterocycles. The molecule has 9 rings (SSSR count). The number of benzene rings is 3. The lowest BCUT2D eigenvalue weighted by molar-refractivity contribution is -0.136. The number of nitrogens with one attached hydrogen (secondary N) is 2. The van der Waals surface area contributed by atoms with Gasteiger partial charge in [0.25, 0.3) is 11.8 Å². The molecule has 4 fully saturated rings. The number of anilines is 2. The van der Waals surface area contributed by atoms with Gasteiger partial charge in [0.2, 0.25) is 17.8 Å². The topological polar surface area (TPSA) is 152 Å². The van der Waals surface area contributed by atoms with Gasteiger partial charge in [-0.25, -0.2) is 9.97 Å². The zero-order valence-corrected chi connectivity index (χ0v) is 30.8. The summed E-state index contributed by atoms with van der Waals surface area (Å²) in [4.78, 5) is 62.7. The van der Waals surface area contributed by atoms with Gasteiger partial charge >= 0.3 is 0 Å². The molecule has 5 aliphatic rings. The van der Waals surface area contributed by atoms with E-state index in [2.05, 4.69) is 58.6 Å². The average Bonchev–Trinajstić information content (AvgIpc) is 3.87. The van der Waals surface area contributed by atoms with Gasteiger partial charge in [0.05, 0.1) is 41.0 Å². The largest absolute Gasteiger partial charge is 0.491 e. The second-order valence-corrected chi connectivity index (χ2v) is 16.1. The predicted molar refractivity (Wildman–Crippen MR) is 201 cm³/mol. The standard InChI is InChI=1S/C42H42N6O7/c1-40(2,26-3-8-30(9-4-26)54-20-29-15-18-43-39(44-29)47-21-41(22-47)23-53-24-41)27-5-10-31(11-6-27)55-25-42(16-17-42)46-28-7-12-32-33(19-28)38(52)48(37(32)51)34-13-14-35(49)45-36(34)50/h3-12,15,18-19,34,46H,13-14,16-17,20-25H2,1-2H3,(H,45,49,50). The third kappa shape index (κ3) is 6.56. The van der Waals surface area contributed by atoms with E-state index in [1.54, 1.807) is 24.4 Å². The molecular formula is C42H42N6O7. The lowest BCUT2D eigenvalue weighted by atomic mass is 9.78. The molecular weight excluding hydrogens is 700 g/mol. The molecule has 13 nitrogen and oxygen atoms in total. The van der Waals surface area contributed by atoms with Crippen LogP contribution in [0.25, 0.3) is 0 Å². The zero-order chi connectivity index (χ0) is 38.0. The molecule has 1 saturated carbocycles. The Morgan fingerprint density at radius 1 is 0.873 bits per heavy atom. The summed E-state index contributed by atoms with van der Waals surface area (Å²) in [7, 11) is 0. The smallest absolute Gasteiger partial charge is 0.262 e. The molecule has 1 aliphatic carbocycles. The van der Waals surface area contributed by atoms with E-state index < -0.39 is 29.7 Å². The van der Waals surface area contributed by atoms with E-state index in [0.29, 0.717) is 24.3 Å². The highest BCUT2D eigenvalue weighted by molar-refractivity contribution is 6.23. The molecule has 2 N–H and O–H groups in total. The van der Waals surface area contributed by atoms with E-state index in [0.717, 1.165) is 78.3 Å². The van der Waals surface area contributed by atoms with Crippen LogP contribution in [-0.2, 0) is 26.3 Å². The van der Waals surface area contributed by atoms with Gasteiger partial charge in [-0.15, -0.1) is 0 Å². The Kier molecular flexibility index (Phi) is 8.37. The fourth-order valence-corrected chi connectivity index (χ4v) is 7.89. The Balaban J connectivity index is 0.781. The van der Waals surface area contributed by atoms with Gasteiger partial charge in [-0.05, 0) is 78.9 Å². The Hall–Kier alpha value is -5.82. The average molecular weight is 743 g/mol. The molecule has 1 spiro atoms. The van der Waals surface area contributed by atoms with Gasteiger partial charge in [-0.3, -0.25) is 29.4 Å². The van der Waals surface area contributed by atoms with Crippen LogP contribution >= 0.6 is 0 Å². The van der Waals surface area contributed by atoms with Gasteiger partial charge in [-0.2, -0.15) is 0 Å². The van der Waals surface area contributed by atoms with E-state index >= 15 is 0 Å². The van der Waals surface area contributed by atoms with E-state index in [-0.39, 0.29) is 34.9 Å². The third-order valence-electron chi connectivity index (χ3n) is 11.6. The number of carbonyl (C=O) groups excluding carboxylic acids is 4. The van der Waals surface area contributed by atoms with Gasteiger partial charge in [0.15, 0.2) is 0 Å². The van der Waals surface area contributed by atoms with Crippen molar-refractivity contribution >= 4 is 35.3 Å². The molecule has 282 valence electrons. The zero-order valence-electron chi connectivity index (χ0n) is 30.8. The monoisotopic (exact) mass is 742 g/mol. The molecule has 0 radical (unpaired) electrons. The highest BCUT2D eigenvalue weighted by atomic mass is 16.5. The number of carbonyl (C=O) groups is 4. The number of piperidine rings is 1. The Morgan fingerprint density at radius 3 is 2.18 bits per heavy atom. The highest BCUT2D eigenvalue weighted by Gasteiger charge is 2.50. The number of imide groups is 2. The normalized spacial score (nSPS) is 20.7. The van der Waals surface area contributed by atoms with Crippen molar-refractivity contribution in [1.82, 2.24) is 20.2 Å². The van der Waals surface area contributed by atoms with Crippen LogP contribution in [-0.4, -0.2) is 83.0 Å². The molecule has 55 heavy (non-hydrogen) atoms. The summed E-state index contributed by atoms with van der Waals surface area (Å²) in [5.41, 5.74) is 4.06. The summed E-state index contributed by atoms with van der Waals surface area (Å²) < 4.78 is 17.7. The van der Waals surface area contributed by atoms with Crippen LogP contribution < -0.4 is 25.0 Å². The Labute approximate surface area is 318 Å². The van der Waals surface area contributed by atoms with E-state index in [1.165, 1.54) is 0 Å². The molecule has 13 heteroatoms. The number of hydrogen-bond acceptors (Lipinski definition) is 11. The van der Waals surface area contributed by atoms with Crippen LogP contribution in [0.3, 0.4) is 0 Å². The maximum Gasteiger partial charge on any atom is 0.262 e. The molecule has 4 amide bonds. The Bertz CT molecular complexity index is 2190. The van der Waals surface area contributed by atoms with Gasteiger partial charge in [0, 0.05) is 36.8 Å². The lowest BCUT2D eigenvalue weighted by Crippen LogP contribution is -2.66. The molecule has 1 atom stereocenters. The van der Waals surface area contributed by atoms with Crippen LogP contribution in [0, 0.1) is 5.41 Å². The maximum atomic E-state index is 13.3. The summed E-state index contributed by atoms with van der Waals surface area (Å²) >= 11 is 0. The fourth-order valence-electron chi connectivity index (χ4n) is 7.89. The first-order valence-corrected chi connectivity index (χ1v) is 18.8. The van der Waals surface area contributed by atoms with Crippen LogP contribution in [0.1, 0.15) is 77.1 Å². The van der Waals surface area contributed by atoms with Crippen LogP contribution in [0.2, 0.25) is 0 Å². The first kappa shape index (κ1) is 34.9. The van der Waals surface area contributed by atoms with Crippen LogP contribution in [0.5, 0.6) is 11.5 Å². The van der Waals surface area contributed by atoms with Gasteiger partial charge in [-0.1, -0.05) is 38.1 Å². The first-order valence-electron chi connectivity index (χ1n) is 18.8. The molecule has 5 heterocycles. The molecule has 4 aromatic rings. The van der Waals surface area contributed by atoms with Crippen molar-refractivity contribution < 1.29 is 33.4 Å². The van der Waals surface area contributed by atoms with Crippen molar-refractivity contribution in [2.75, 3.05) is 43.1 Å². The van der Waals surface area contributed by atoms with E-state index in [4.69, 9.17) is 19.2 Å². The minimum atomic E-state index is -0.996. The lowest BCUT2D eigenvalue weighted by Gasteiger charge is -2.54. The SMILES string of the molecule is CC(C)(c1ccc(OCc2ccnc(N3CC4(COC4)C3)n2)cc1)c1ccc(OCC2(Nc3ccc4c(c3)C(=O)N(C3CCC(=O)NC3=O)C4=O)CC2)cc1. The number of fused-ring (bicyclic) bond motifs is 1. The minimum Gasteiger partial charge on any atom is -0.491 e. The van der Waals surface area contributed by atoms with E-state index in [1.807, 2.05) is 30.3 Å². The Morgan fingerprint density at radius 2 is 1.55 bits per heavy atom. The second-order valence-electron chi connectivity index (χ2n) is 16.1. The second kappa shape index (κ2) is 13.2. The summed E-state index contributed by atoms with van der Waals surface area (Å²) in [5, 5.41) is 5.75.